The van der Waals surface area contributed by atoms with Gasteiger partial charge in [0, 0.05) is 24.8 Å². The summed E-state index contributed by atoms with van der Waals surface area (Å²) >= 11 is 6.21. The van der Waals surface area contributed by atoms with E-state index in [1.807, 2.05) is 53.5 Å². The Morgan fingerprint density at radius 3 is 2.53 bits per heavy atom. The molecule has 0 aliphatic heterocycles. The first-order valence-electron chi connectivity index (χ1n) is 10.3. The molecule has 5 nitrogen and oxygen atoms in total. The van der Waals surface area contributed by atoms with Gasteiger partial charge in [-0.1, -0.05) is 11.6 Å². The number of carbonyl (C=O) groups excluding carboxylic acids is 1. The molecule has 0 saturated heterocycles. The normalized spacial score (nSPS) is 11.1. The Balaban J connectivity index is 1.92. The van der Waals surface area contributed by atoms with Gasteiger partial charge >= 0.3 is 0 Å². The predicted octanol–water partition coefficient (Wildman–Crippen LogP) is 5.19. The molecular weight excluding hydrogens is 405 g/mol. The minimum absolute atomic E-state index is 0.0517. The quantitative estimate of drug-likeness (QED) is 0.415. The highest BCUT2D eigenvalue weighted by Gasteiger charge is 2.20. The zero-order chi connectivity index (χ0) is 21.5. The summed E-state index contributed by atoms with van der Waals surface area (Å²) in [6, 6.07) is 11.2. The number of halogens is 2. The maximum Gasteiger partial charge on any atom is 0.228 e. The van der Waals surface area contributed by atoms with Crippen LogP contribution in [0, 0.1) is 0 Å². The first-order valence-corrected chi connectivity index (χ1v) is 10.7. The maximum absolute atomic E-state index is 12.8. The van der Waals surface area contributed by atoms with Crippen molar-refractivity contribution in [3.8, 4) is 17.0 Å². The fraction of sp³-hybridized carbons (Fsp3) is 0.391. The third kappa shape index (κ3) is 5.11. The number of aromatic nitrogens is 2. The van der Waals surface area contributed by atoms with Gasteiger partial charge in [0.2, 0.25) is 5.91 Å². The fourth-order valence-corrected chi connectivity index (χ4v) is 3.56. The van der Waals surface area contributed by atoms with Crippen molar-refractivity contribution in [2.24, 2.45) is 0 Å². The molecule has 0 fully saturated rings. The lowest BCUT2D eigenvalue weighted by Crippen LogP contribution is -2.32. The maximum atomic E-state index is 12.8. The number of nitrogens with zero attached hydrogens (tertiary/aromatic N) is 3. The number of ether oxygens (including phenoxy) is 1. The summed E-state index contributed by atoms with van der Waals surface area (Å²) in [4.78, 5) is 19.4. The zero-order valence-electron chi connectivity index (χ0n) is 17.4. The molecular formula is C23H27ClFN3O2. The van der Waals surface area contributed by atoms with E-state index in [9.17, 15) is 9.18 Å². The Morgan fingerprint density at radius 1 is 1.13 bits per heavy atom. The molecule has 0 saturated carbocycles. The number of benzene rings is 1. The van der Waals surface area contributed by atoms with E-state index in [1.165, 1.54) is 0 Å². The molecule has 2 aromatic heterocycles. The SMILES string of the molecule is CCN(CC)C(=O)Cc1c(-c2ccc(OCCCCF)cc2)nc2ccc(Cl)cn12. The van der Waals surface area contributed by atoms with Crippen LogP contribution in [0.15, 0.2) is 42.6 Å². The minimum Gasteiger partial charge on any atom is -0.494 e. The number of alkyl halides is 1. The molecule has 3 rings (SSSR count). The average molecular weight is 432 g/mol. The molecule has 0 spiro atoms. The molecule has 3 aromatic rings. The first-order chi connectivity index (χ1) is 14.6. The van der Waals surface area contributed by atoms with Crippen LogP contribution in [0.1, 0.15) is 32.4 Å². The van der Waals surface area contributed by atoms with Crippen LogP contribution in [0.4, 0.5) is 4.39 Å². The number of unbranched alkanes of at least 4 members (excludes halogenated alkanes) is 1. The largest absolute Gasteiger partial charge is 0.494 e. The fourth-order valence-electron chi connectivity index (χ4n) is 3.39. The highest BCUT2D eigenvalue weighted by atomic mass is 35.5. The number of carbonyl (C=O) groups is 1. The van der Waals surface area contributed by atoms with Crippen LogP contribution in [0.2, 0.25) is 5.02 Å². The zero-order valence-corrected chi connectivity index (χ0v) is 18.2. The third-order valence-corrected chi connectivity index (χ3v) is 5.26. The van der Waals surface area contributed by atoms with Crippen LogP contribution in [-0.4, -0.2) is 46.6 Å². The van der Waals surface area contributed by atoms with E-state index >= 15 is 0 Å². The summed E-state index contributed by atoms with van der Waals surface area (Å²) in [6.45, 7) is 5.43. The van der Waals surface area contributed by atoms with Crippen molar-refractivity contribution >= 4 is 23.2 Å². The van der Waals surface area contributed by atoms with E-state index in [-0.39, 0.29) is 19.0 Å². The Labute approximate surface area is 181 Å². The van der Waals surface area contributed by atoms with E-state index in [2.05, 4.69) is 0 Å². The van der Waals surface area contributed by atoms with Gasteiger partial charge < -0.3 is 14.0 Å². The predicted molar refractivity (Wildman–Crippen MR) is 118 cm³/mol. The average Bonchev–Trinajstić information content (AvgIpc) is 3.10. The van der Waals surface area contributed by atoms with Crippen LogP contribution in [-0.2, 0) is 11.2 Å². The molecule has 1 aromatic carbocycles. The van der Waals surface area contributed by atoms with Crippen molar-refractivity contribution in [1.29, 1.82) is 0 Å². The Bertz CT molecular complexity index is 984. The van der Waals surface area contributed by atoms with Gasteiger partial charge in [-0.15, -0.1) is 0 Å². The van der Waals surface area contributed by atoms with Crippen LogP contribution in [0.25, 0.3) is 16.9 Å². The minimum atomic E-state index is -0.324. The molecule has 0 unspecified atom stereocenters. The summed E-state index contributed by atoms with van der Waals surface area (Å²) in [5.74, 6) is 0.779. The van der Waals surface area contributed by atoms with Crippen molar-refractivity contribution in [2.75, 3.05) is 26.4 Å². The van der Waals surface area contributed by atoms with Gasteiger partial charge in [0.1, 0.15) is 11.4 Å². The number of pyridine rings is 1. The summed E-state index contributed by atoms with van der Waals surface area (Å²) in [6.07, 6.45) is 3.22. The molecule has 0 bridgehead atoms. The third-order valence-electron chi connectivity index (χ3n) is 5.04. The monoisotopic (exact) mass is 431 g/mol. The summed E-state index contributed by atoms with van der Waals surface area (Å²) < 4.78 is 19.7. The topological polar surface area (TPSA) is 46.8 Å². The Hall–Kier alpha value is -2.60. The van der Waals surface area contributed by atoms with Crippen molar-refractivity contribution in [1.82, 2.24) is 14.3 Å². The highest BCUT2D eigenvalue weighted by molar-refractivity contribution is 6.30. The van der Waals surface area contributed by atoms with Gasteiger partial charge in [0.05, 0.1) is 36.1 Å². The number of likely N-dealkylation sites (N-methyl/N-ethyl adjacent to an activating group) is 1. The number of hydrogen-bond donors (Lipinski definition) is 0. The summed E-state index contributed by atoms with van der Waals surface area (Å²) in [5, 5.41) is 0.583. The van der Waals surface area contributed by atoms with Crippen molar-refractivity contribution in [2.45, 2.75) is 33.1 Å². The van der Waals surface area contributed by atoms with Crippen molar-refractivity contribution in [3.05, 3.63) is 53.3 Å². The molecule has 0 N–H and O–H groups in total. The smallest absolute Gasteiger partial charge is 0.228 e. The van der Waals surface area contributed by atoms with E-state index in [0.29, 0.717) is 37.6 Å². The molecule has 160 valence electrons. The van der Waals surface area contributed by atoms with E-state index < -0.39 is 0 Å². The summed E-state index contributed by atoms with van der Waals surface area (Å²) in [5.41, 5.74) is 3.19. The molecule has 1 amide bonds. The van der Waals surface area contributed by atoms with Crippen molar-refractivity contribution < 1.29 is 13.9 Å². The van der Waals surface area contributed by atoms with Crippen LogP contribution in [0.3, 0.4) is 0 Å². The number of fused-ring (bicyclic) bond motifs is 1. The van der Waals surface area contributed by atoms with Crippen molar-refractivity contribution in [3.63, 3.8) is 0 Å². The van der Waals surface area contributed by atoms with Crippen LogP contribution < -0.4 is 4.74 Å². The van der Waals surface area contributed by atoms with Gasteiger partial charge in [-0.05, 0) is 63.1 Å². The van der Waals surface area contributed by atoms with E-state index in [4.69, 9.17) is 21.3 Å². The lowest BCUT2D eigenvalue weighted by Gasteiger charge is -2.18. The second-order valence-electron chi connectivity index (χ2n) is 6.99. The second-order valence-corrected chi connectivity index (χ2v) is 7.43. The molecule has 0 aliphatic rings. The second kappa shape index (κ2) is 10.4. The lowest BCUT2D eigenvalue weighted by molar-refractivity contribution is -0.130. The lowest BCUT2D eigenvalue weighted by atomic mass is 10.1. The van der Waals surface area contributed by atoms with E-state index in [1.54, 1.807) is 12.3 Å². The molecule has 2 heterocycles. The Kier molecular flexibility index (Phi) is 7.69. The molecule has 0 aliphatic carbocycles. The number of rotatable bonds is 10. The molecule has 7 heteroatoms. The van der Waals surface area contributed by atoms with Gasteiger partial charge in [0.15, 0.2) is 0 Å². The number of imidazole rings is 1. The number of amides is 1. The standard InChI is InChI=1S/C23H27ClFN3O2/c1-3-27(4-2)22(29)15-20-23(26-21-12-9-18(24)16-28(20)21)17-7-10-19(11-8-17)30-14-6-5-13-25/h7-12,16H,3-6,13-15H2,1-2H3. The van der Waals surface area contributed by atoms with Crippen LogP contribution >= 0.6 is 11.6 Å². The first kappa shape index (κ1) is 22.1. The van der Waals surface area contributed by atoms with Gasteiger partial charge in [-0.2, -0.15) is 0 Å². The molecule has 30 heavy (non-hydrogen) atoms. The van der Waals surface area contributed by atoms with Gasteiger partial charge in [-0.25, -0.2) is 4.98 Å². The molecule has 0 radical (unpaired) electrons. The number of hydrogen-bond acceptors (Lipinski definition) is 3. The summed E-state index contributed by atoms with van der Waals surface area (Å²) in [7, 11) is 0. The highest BCUT2D eigenvalue weighted by Crippen LogP contribution is 2.28. The van der Waals surface area contributed by atoms with Gasteiger partial charge in [-0.3, -0.25) is 9.18 Å². The van der Waals surface area contributed by atoms with Crippen LogP contribution in [0.5, 0.6) is 5.75 Å². The van der Waals surface area contributed by atoms with E-state index in [0.717, 1.165) is 28.3 Å². The molecule has 0 atom stereocenters. The Morgan fingerprint density at radius 2 is 1.87 bits per heavy atom. The van der Waals surface area contributed by atoms with Gasteiger partial charge in [0.25, 0.3) is 0 Å².